The number of hydrogen-bond acceptors (Lipinski definition) is 29. The van der Waals surface area contributed by atoms with Crippen molar-refractivity contribution in [3.63, 3.8) is 0 Å². The quantitative estimate of drug-likeness (QED) is 0.0538. The third kappa shape index (κ3) is 13.6. The number of carbonyl (C=O) groups excluding carboxylic acids is 2. The fraction of sp³-hybridized carbons (Fsp3) is 0.950. The van der Waals surface area contributed by atoms with Crippen LogP contribution >= 0.6 is 0 Å². The summed E-state index contributed by atoms with van der Waals surface area (Å²) < 4.78 is 56.7. The maximum Gasteiger partial charge on any atom is 0.217 e. The highest BCUT2D eigenvalue weighted by Gasteiger charge is 2.56. The number of nitrogens with one attached hydrogen (secondary N) is 2. The van der Waals surface area contributed by atoms with Crippen molar-refractivity contribution in [2.45, 2.75) is 206 Å². The summed E-state index contributed by atoms with van der Waals surface area (Å²) in [6.45, 7) is -0.244. The zero-order valence-electron chi connectivity index (χ0n) is 38.8. The third-order valence-corrected chi connectivity index (χ3v) is 12.8. The summed E-state index contributed by atoms with van der Waals surface area (Å²) in [6, 6.07) is -3.34. The van der Waals surface area contributed by atoms with E-state index in [4.69, 9.17) is 47.4 Å². The van der Waals surface area contributed by atoms with E-state index in [1.807, 2.05) is 0 Å². The Balaban J connectivity index is 1.34. The minimum Gasteiger partial charge on any atom is -0.394 e. The fourth-order valence-corrected chi connectivity index (χ4v) is 8.69. The van der Waals surface area contributed by atoms with E-state index in [2.05, 4.69) is 10.6 Å². The summed E-state index contributed by atoms with van der Waals surface area (Å²) in [4.78, 5) is 24.7. The van der Waals surface area contributed by atoms with Crippen molar-refractivity contribution in [3.8, 4) is 0 Å². The highest BCUT2D eigenvalue weighted by Crippen LogP contribution is 2.35. The SMILES string of the molecule is CC(=O)N[C@H]1[C@H](OC[C@@H](O)[C@H](O)[C@H](O[C@@H]2O[C@H](CO)[C@H](O)[C@H](O)[C@H]2O[C@@H]2O[C@@H](C)[C@@H](O)[C@@H](O)[C@@H]2O)[C@H](CO)NC(C)=O)O[C@H](CO)[C@@H](O[C@@H]2O[C@H](CO)[C@H](O)[C@H](O[C@@H]3O[C@@H](C)[C@@H](O)[C@@H](O)[C@@H]3O)[C@H]2O)[C@@H]1O. The molecule has 0 aromatic heterocycles. The lowest BCUT2D eigenvalue weighted by molar-refractivity contribution is -0.375. The van der Waals surface area contributed by atoms with Gasteiger partial charge in [-0.1, -0.05) is 0 Å². The number of carbonyl (C=O) groups is 2. The molecule has 71 heavy (non-hydrogen) atoms. The molecule has 414 valence electrons. The van der Waals surface area contributed by atoms with Crippen molar-refractivity contribution in [2.75, 3.05) is 33.0 Å². The molecule has 5 rings (SSSR count). The van der Waals surface area contributed by atoms with Crippen LogP contribution in [0, 0.1) is 0 Å². The van der Waals surface area contributed by atoms with Crippen molar-refractivity contribution in [3.05, 3.63) is 0 Å². The Morgan fingerprint density at radius 2 is 0.986 bits per heavy atom. The average Bonchev–Trinajstić information content (AvgIpc) is 3.33. The summed E-state index contributed by atoms with van der Waals surface area (Å²) in [6.07, 6.45) is -49.1. The Hall–Kier alpha value is -2.14. The van der Waals surface area contributed by atoms with E-state index in [1.165, 1.54) is 13.8 Å². The van der Waals surface area contributed by atoms with Crippen LogP contribution < -0.4 is 10.6 Å². The van der Waals surface area contributed by atoms with Gasteiger partial charge in [0.15, 0.2) is 31.5 Å². The number of hydrogen-bond donors (Lipinski definition) is 19. The van der Waals surface area contributed by atoms with E-state index in [0.717, 1.165) is 13.8 Å². The molecule has 0 spiro atoms. The maximum atomic E-state index is 12.5. The Morgan fingerprint density at radius 1 is 0.507 bits per heavy atom. The third-order valence-electron chi connectivity index (χ3n) is 12.8. The molecule has 31 heteroatoms. The van der Waals surface area contributed by atoms with Crippen molar-refractivity contribution in [2.24, 2.45) is 0 Å². The molecule has 5 aliphatic rings. The molecule has 0 aromatic carbocycles. The second kappa shape index (κ2) is 26.1. The molecule has 31 nitrogen and oxygen atoms in total. The fourth-order valence-electron chi connectivity index (χ4n) is 8.69. The first-order valence-electron chi connectivity index (χ1n) is 22.7. The highest BCUT2D eigenvalue weighted by atomic mass is 16.8. The molecular weight excluding hydrogens is 972 g/mol. The van der Waals surface area contributed by atoms with E-state index in [-0.39, 0.29) is 0 Å². The lowest BCUT2D eigenvalue weighted by atomic mass is 9.95. The normalized spacial score (nSPS) is 46.1. The van der Waals surface area contributed by atoms with Gasteiger partial charge in [0.05, 0.1) is 51.3 Å². The first kappa shape index (κ1) is 59.7. The van der Waals surface area contributed by atoms with E-state index >= 15 is 0 Å². The summed E-state index contributed by atoms with van der Waals surface area (Å²) in [5.74, 6) is -1.62. The van der Waals surface area contributed by atoms with Crippen LogP contribution in [0.1, 0.15) is 27.7 Å². The monoisotopic (exact) mass is 1040 g/mol. The van der Waals surface area contributed by atoms with Crippen LogP contribution in [0.5, 0.6) is 0 Å². The zero-order valence-corrected chi connectivity index (χ0v) is 38.8. The molecule has 0 radical (unpaired) electrons. The van der Waals surface area contributed by atoms with Crippen LogP contribution in [0.3, 0.4) is 0 Å². The molecular formula is C40H70N2O29. The minimum atomic E-state index is -2.28. The summed E-state index contributed by atoms with van der Waals surface area (Å²) in [7, 11) is 0. The number of aliphatic hydroxyl groups is 17. The Labute approximate surface area is 404 Å². The van der Waals surface area contributed by atoms with Crippen molar-refractivity contribution < 1.29 is 144 Å². The van der Waals surface area contributed by atoms with Crippen molar-refractivity contribution in [1.29, 1.82) is 0 Å². The predicted octanol–water partition coefficient (Wildman–Crippen LogP) is -12.1. The molecule has 29 atom stereocenters. The van der Waals surface area contributed by atoms with Gasteiger partial charge in [-0.3, -0.25) is 9.59 Å². The van der Waals surface area contributed by atoms with Gasteiger partial charge in [-0.05, 0) is 13.8 Å². The standard InChI is InChI=1S/C40H70N2O29/c1-10-20(50)26(56)29(59)37(63-10)70-34-24(54)17(7-45)65-39(31(34)61)69-33-18(8-46)67-36(19(25(33)55)42-13(4)48)62-9-15(49)22(52)32(14(5-43)41-12(3)47)68-40-35(28(58)23(53)16(6-44)66-40)71-38-30(60)27(57)21(51)11(2)64-38/h10-11,14-40,43-46,49-61H,5-9H2,1-4H3,(H,41,47)(H,42,48)/t10-,11-,14-,15+,16+,17+,18+,19+,20+,21+,22-,23-,24-,25+,26+,27+,28-,29-,30-,31+,32+,33+,34-,35+,36+,37-,38-,39-,40-/m0/s1. The Kier molecular flexibility index (Phi) is 21.9. The van der Waals surface area contributed by atoms with E-state index < -0.39 is 223 Å². The average molecular weight is 1040 g/mol. The van der Waals surface area contributed by atoms with Gasteiger partial charge in [-0.2, -0.15) is 0 Å². The van der Waals surface area contributed by atoms with Gasteiger partial charge in [0.2, 0.25) is 11.8 Å². The maximum absolute atomic E-state index is 12.5. The molecule has 5 aliphatic heterocycles. The molecule has 0 aliphatic carbocycles. The largest absolute Gasteiger partial charge is 0.394 e. The number of ether oxygens (including phenoxy) is 10. The van der Waals surface area contributed by atoms with Crippen LogP contribution in [0.2, 0.25) is 0 Å². The molecule has 0 bridgehead atoms. The molecule has 0 aromatic rings. The van der Waals surface area contributed by atoms with Gasteiger partial charge >= 0.3 is 0 Å². The first-order chi connectivity index (χ1) is 33.4. The van der Waals surface area contributed by atoms with E-state index in [9.17, 15) is 96.4 Å². The second-order valence-electron chi connectivity index (χ2n) is 18.0. The van der Waals surface area contributed by atoms with E-state index in [0.29, 0.717) is 0 Å². The smallest absolute Gasteiger partial charge is 0.217 e. The molecule has 2 amide bonds. The van der Waals surface area contributed by atoms with Crippen molar-refractivity contribution in [1.82, 2.24) is 10.6 Å². The van der Waals surface area contributed by atoms with Crippen LogP contribution in [-0.4, -0.2) is 309 Å². The molecule has 0 saturated carbocycles. The molecule has 19 N–H and O–H groups in total. The lowest BCUT2D eigenvalue weighted by Crippen LogP contribution is -2.68. The van der Waals surface area contributed by atoms with Crippen LogP contribution in [0.15, 0.2) is 0 Å². The van der Waals surface area contributed by atoms with Gasteiger partial charge in [-0.25, -0.2) is 0 Å². The molecule has 5 heterocycles. The van der Waals surface area contributed by atoms with Gasteiger partial charge < -0.3 is 145 Å². The lowest BCUT2D eigenvalue weighted by Gasteiger charge is -2.48. The zero-order chi connectivity index (χ0) is 52.9. The second-order valence-corrected chi connectivity index (χ2v) is 18.0. The molecule has 0 unspecified atom stereocenters. The molecule has 5 fully saturated rings. The van der Waals surface area contributed by atoms with Gasteiger partial charge in [0, 0.05) is 13.8 Å². The Morgan fingerprint density at radius 3 is 1.49 bits per heavy atom. The highest BCUT2D eigenvalue weighted by molar-refractivity contribution is 5.73. The van der Waals surface area contributed by atoms with Gasteiger partial charge in [0.1, 0.15) is 128 Å². The van der Waals surface area contributed by atoms with Crippen LogP contribution in [0.25, 0.3) is 0 Å². The number of amides is 2. The first-order valence-corrected chi connectivity index (χ1v) is 22.7. The summed E-state index contributed by atoms with van der Waals surface area (Å²) >= 11 is 0. The van der Waals surface area contributed by atoms with Crippen LogP contribution in [0.4, 0.5) is 0 Å². The van der Waals surface area contributed by atoms with Crippen LogP contribution in [-0.2, 0) is 57.0 Å². The van der Waals surface area contributed by atoms with E-state index in [1.54, 1.807) is 0 Å². The number of rotatable bonds is 20. The summed E-state index contributed by atoms with van der Waals surface area (Å²) in [5, 5.41) is 186. The van der Waals surface area contributed by atoms with Crippen molar-refractivity contribution >= 4 is 11.8 Å². The Bertz CT molecular complexity index is 1660. The van der Waals surface area contributed by atoms with Gasteiger partial charge in [-0.15, -0.1) is 0 Å². The minimum absolute atomic E-state index is 0.809. The molecule has 5 saturated heterocycles. The topological polar surface area (TPSA) is 494 Å². The number of aliphatic hydroxyl groups excluding tert-OH is 17. The predicted molar refractivity (Wildman–Crippen MR) is 222 cm³/mol. The van der Waals surface area contributed by atoms with Gasteiger partial charge in [0.25, 0.3) is 0 Å². The summed E-state index contributed by atoms with van der Waals surface area (Å²) in [5.41, 5.74) is 0.